The zero-order valence-corrected chi connectivity index (χ0v) is 26.5. The highest BCUT2D eigenvalue weighted by Gasteiger charge is 2.38. The maximum Gasteiger partial charge on any atom is 0.135 e. The number of benzene rings is 6. The van der Waals surface area contributed by atoms with Gasteiger partial charge in [0.1, 0.15) is 23.0 Å². The highest BCUT2D eigenvalue weighted by atomic mass is 32.1. The number of fused-ring (bicyclic) bond motifs is 12. The SMILES string of the molecule is C1=CC2=C(CC1)OC1C=CC(c3cc4c5cc(-c6ccc7oc8ccccc8c7c6)c6ccccc6c5sc4c4ccccc34)CC21. The van der Waals surface area contributed by atoms with E-state index < -0.39 is 0 Å². The molecule has 47 heavy (non-hydrogen) atoms. The lowest BCUT2D eigenvalue weighted by Crippen LogP contribution is -2.22. The normalized spacial score (nSPS) is 20.6. The van der Waals surface area contributed by atoms with Crippen LogP contribution in [0.2, 0.25) is 0 Å². The van der Waals surface area contributed by atoms with Crippen LogP contribution in [0.3, 0.4) is 0 Å². The van der Waals surface area contributed by atoms with Gasteiger partial charge in [-0.1, -0.05) is 91.0 Å². The third-order valence-corrected chi connectivity index (χ3v) is 12.2. The van der Waals surface area contributed by atoms with Gasteiger partial charge in [-0.15, -0.1) is 11.3 Å². The van der Waals surface area contributed by atoms with Crippen molar-refractivity contribution in [3.05, 3.63) is 144 Å². The van der Waals surface area contributed by atoms with Gasteiger partial charge in [-0.3, -0.25) is 0 Å². The molecular weight excluding hydrogens is 593 g/mol. The number of para-hydroxylation sites is 1. The minimum absolute atomic E-state index is 0.176. The fourth-order valence-corrected chi connectivity index (χ4v) is 10.0. The molecule has 3 aliphatic rings. The Labute approximate surface area is 275 Å². The molecule has 3 unspecified atom stereocenters. The topological polar surface area (TPSA) is 22.4 Å². The fourth-order valence-electron chi connectivity index (χ4n) is 8.69. The zero-order chi connectivity index (χ0) is 30.6. The Hall–Kier alpha value is -5.12. The molecule has 3 heteroatoms. The van der Waals surface area contributed by atoms with Crippen LogP contribution in [-0.2, 0) is 4.74 Å². The van der Waals surface area contributed by atoms with Crippen LogP contribution in [0.15, 0.2) is 143 Å². The van der Waals surface area contributed by atoms with Crippen LogP contribution in [0.4, 0.5) is 0 Å². The van der Waals surface area contributed by atoms with Gasteiger partial charge in [0.25, 0.3) is 0 Å². The Kier molecular flexibility index (Phi) is 5.37. The second kappa shape index (κ2) is 9.70. The van der Waals surface area contributed by atoms with E-state index >= 15 is 0 Å². The van der Waals surface area contributed by atoms with Crippen molar-refractivity contribution in [2.45, 2.75) is 31.3 Å². The molecule has 2 aliphatic carbocycles. The summed E-state index contributed by atoms with van der Waals surface area (Å²) in [6, 6.07) is 38.0. The minimum Gasteiger partial charge on any atom is -0.490 e. The van der Waals surface area contributed by atoms with Crippen molar-refractivity contribution < 1.29 is 9.15 Å². The first kappa shape index (κ1) is 26.0. The van der Waals surface area contributed by atoms with E-state index in [0.29, 0.717) is 11.8 Å². The largest absolute Gasteiger partial charge is 0.490 e. The first-order chi connectivity index (χ1) is 23.3. The quantitative estimate of drug-likeness (QED) is 0.179. The number of allylic oxidation sites excluding steroid dienone is 4. The molecule has 2 aromatic heterocycles. The Morgan fingerprint density at radius 3 is 2.21 bits per heavy atom. The summed E-state index contributed by atoms with van der Waals surface area (Å²) in [5.41, 5.74) is 7.20. The molecule has 3 atom stereocenters. The zero-order valence-electron chi connectivity index (χ0n) is 25.7. The summed E-state index contributed by atoms with van der Waals surface area (Å²) in [7, 11) is 0. The number of hydrogen-bond donors (Lipinski definition) is 0. The average molecular weight is 623 g/mol. The summed E-state index contributed by atoms with van der Waals surface area (Å²) < 4.78 is 15.4. The van der Waals surface area contributed by atoms with E-state index in [0.717, 1.165) is 41.2 Å². The summed E-state index contributed by atoms with van der Waals surface area (Å²) >= 11 is 1.95. The van der Waals surface area contributed by atoms with Gasteiger partial charge in [0.2, 0.25) is 0 Å². The van der Waals surface area contributed by atoms with E-state index in [2.05, 4.69) is 121 Å². The second-order valence-corrected chi connectivity index (χ2v) is 14.4. The molecule has 0 saturated carbocycles. The molecule has 0 radical (unpaired) electrons. The molecular formula is C44H30O2S. The molecule has 0 amide bonds. The smallest absolute Gasteiger partial charge is 0.135 e. The van der Waals surface area contributed by atoms with Crippen LogP contribution in [-0.4, -0.2) is 6.10 Å². The van der Waals surface area contributed by atoms with Crippen molar-refractivity contribution in [1.29, 1.82) is 0 Å². The van der Waals surface area contributed by atoms with Crippen molar-refractivity contribution in [1.82, 2.24) is 0 Å². The van der Waals surface area contributed by atoms with Crippen LogP contribution in [0.25, 0.3) is 74.8 Å². The van der Waals surface area contributed by atoms with Crippen LogP contribution in [0.1, 0.15) is 30.7 Å². The number of hydrogen-bond acceptors (Lipinski definition) is 3. The molecule has 224 valence electrons. The van der Waals surface area contributed by atoms with Crippen molar-refractivity contribution in [2.75, 3.05) is 0 Å². The van der Waals surface area contributed by atoms with Gasteiger partial charge in [0.05, 0.1) is 0 Å². The highest BCUT2D eigenvalue weighted by Crippen LogP contribution is 2.50. The maximum absolute atomic E-state index is 6.44. The fraction of sp³-hybridized carbons (Fsp3) is 0.136. The minimum atomic E-state index is 0.176. The monoisotopic (exact) mass is 622 g/mol. The second-order valence-electron chi connectivity index (χ2n) is 13.4. The molecule has 1 aliphatic heterocycles. The van der Waals surface area contributed by atoms with Crippen molar-refractivity contribution in [2.24, 2.45) is 5.92 Å². The Morgan fingerprint density at radius 2 is 1.34 bits per heavy atom. The van der Waals surface area contributed by atoms with Gasteiger partial charge in [-0.25, -0.2) is 0 Å². The van der Waals surface area contributed by atoms with Gasteiger partial charge in [0.15, 0.2) is 0 Å². The first-order valence-corrected chi connectivity index (χ1v) is 17.6. The van der Waals surface area contributed by atoms with Gasteiger partial charge in [-0.2, -0.15) is 0 Å². The standard InChI is InChI=1S/C44H30O2S/c1-3-13-31-27(9-1)33(25-17-19-41-35(21-25)29-11-5-7-15-39(29)45-41)23-37-38-24-34(28-10-2-4-14-32(28)44(38)47-43(31)37)26-18-20-42-36(22-26)30-12-6-8-16-40(30)46-42/h1-7,9-15,17-21,23-24,26,36,42H,8,16,22H2. The first-order valence-electron chi connectivity index (χ1n) is 16.7. The highest BCUT2D eigenvalue weighted by molar-refractivity contribution is 7.27. The van der Waals surface area contributed by atoms with E-state index in [4.69, 9.17) is 9.15 Å². The Balaban J connectivity index is 1.15. The van der Waals surface area contributed by atoms with E-state index in [-0.39, 0.29) is 6.10 Å². The van der Waals surface area contributed by atoms with E-state index in [1.54, 1.807) is 0 Å². The summed E-state index contributed by atoms with van der Waals surface area (Å²) in [6.45, 7) is 0. The predicted octanol–water partition coefficient (Wildman–Crippen LogP) is 12.6. The summed E-state index contributed by atoms with van der Waals surface area (Å²) in [5.74, 6) is 1.98. The lowest BCUT2D eigenvalue weighted by atomic mass is 9.76. The molecule has 0 saturated heterocycles. The van der Waals surface area contributed by atoms with Crippen LogP contribution in [0.5, 0.6) is 0 Å². The molecule has 8 aromatic rings. The maximum atomic E-state index is 6.44. The molecule has 6 aromatic carbocycles. The molecule has 3 heterocycles. The van der Waals surface area contributed by atoms with Gasteiger partial charge >= 0.3 is 0 Å². The van der Waals surface area contributed by atoms with Crippen LogP contribution in [0, 0.1) is 5.92 Å². The van der Waals surface area contributed by atoms with Crippen molar-refractivity contribution in [3.63, 3.8) is 0 Å². The molecule has 0 N–H and O–H groups in total. The molecule has 0 fully saturated rings. The number of ether oxygens (including phenoxy) is 1. The lowest BCUT2D eigenvalue weighted by molar-refractivity contribution is 0.137. The van der Waals surface area contributed by atoms with Gasteiger partial charge in [0, 0.05) is 54.6 Å². The summed E-state index contributed by atoms with van der Waals surface area (Å²) in [6.07, 6.45) is 12.8. The predicted molar refractivity (Wildman–Crippen MR) is 197 cm³/mol. The third kappa shape index (κ3) is 3.72. The lowest BCUT2D eigenvalue weighted by Gasteiger charge is -2.28. The number of rotatable bonds is 2. The van der Waals surface area contributed by atoms with Gasteiger partial charge < -0.3 is 9.15 Å². The number of furan rings is 1. The Morgan fingerprint density at radius 1 is 0.617 bits per heavy atom. The van der Waals surface area contributed by atoms with Gasteiger partial charge in [-0.05, 0) is 87.7 Å². The number of thiophene rings is 1. The molecule has 11 rings (SSSR count). The van der Waals surface area contributed by atoms with E-state index in [1.807, 2.05) is 17.4 Å². The van der Waals surface area contributed by atoms with Crippen molar-refractivity contribution in [3.8, 4) is 11.1 Å². The van der Waals surface area contributed by atoms with E-state index in [9.17, 15) is 0 Å². The molecule has 0 bridgehead atoms. The van der Waals surface area contributed by atoms with E-state index in [1.165, 1.54) is 69.7 Å². The summed E-state index contributed by atoms with van der Waals surface area (Å²) in [5, 5.41) is 10.3. The third-order valence-electron chi connectivity index (χ3n) is 10.9. The average Bonchev–Trinajstić information content (AvgIpc) is 3.82. The van der Waals surface area contributed by atoms with Crippen LogP contribution < -0.4 is 0 Å². The van der Waals surface area contributed by atoms with Crippen LogP contribution >= 0.6 is 11.3 Å². The summed E-state index contributed by atoms with van der Waals surface area (Å²) in [4.78, 5) is 0. The Bertz CT molecular complexity index is 2720. The molecule has 2 nitrogen and oxygen atoms in total. The van der Waals surface area contributed by atoms with Crippen molar-refractivity contribution >= 4 is 75.0 Å². The molecule has 0 spiro atoms.